The summed E-state index contributed by atoms with van der Waals surface area (Å²) >= 11 is 0. The van der Waals surface area contributed by atoms with Gasteiger partial charge in [-0.2, -0.15) is 0 Å². The minimum absolute atomic E-state index is 0.190. The number of aromatic nitrogens is 2. The molecule has 30 heavy (non-hydrogen) atoms. The maximum Gasteiger partial charge on any atom is 0.573 e. The second kappa shape index (κ2) is 9.36. The fourth-order valence-corrected chi connectivity index (χ4v) is 3.45. The van der Waals surface area contributed by atoms with Crippen molar-refractivity contribution in [2.24, 2.45) is 5.92 Å². The maximum atomic E-state index is 13.8. The van der Waals surface area contributed by atoms with Crippen molar-refractivity contribution in [3.8, 4) is 5.75 Å². The lowest BCUT2D eigenvalue weighted by molar-refractivity contribution is -0.274. The Morgan fingerprint density at radius 1 is 1.07 bits per heavy atom. The number of nitrogens with zero attached hydrogens (tertiary/aromatic N) is 1. The number of hydrogen-bond donors (Lipinski definition) is 2. The lowest BCUT2D eigenvalue weighted by Gasteiger charge is -2.15. The first-order chi connectivity index (χ1) is 14.2. The summed E-state index contributed by atoms with van der Waals surface area (Å²) in [6.45, 7) is 4.12. The zero-order valence-corrected chi connectivity index (χ0v) is 16.9. The van der Waals surface area contributed by atoms with E-state index < -0.39 is 12.2 Å². The number of nitrogens with one attached hydrogen (secondary N) is 2. The Balaban J connectivity index is 0.000000310. The van der Waals surface area contributed by atoms with Crippen LogP contribution < -0.4 is 10.1 Å². The van der Waals surface area contributed by atoms with E-state index in [0.717, 1.165) is 11.5 Å². The van der Waals surface area contributed by atoms with Crippen LogP contribution in [0.25, 0.3) is 11.0 Å². The summed E-state index contributed by atoms with van der Waals surface area (Å²) < 4.78 is 53.8. The monoisotopic (exact) mass is 423 g/mol. The summed E-state index contributed by atoms with van der Waals surface area (Å²) in [5.74, 6) is 0.551. The number of hydrogen-bond acceptors (Lipinski definition) is 3. The summed E-state index contributed by atoms with van der Waals surface area (Å²) in [6.07, 6.45) is 2.70. The highest BCUT2D eigenvalue weighted by Gasteiger charge is 2.30. The number of aryl methyl sites for hydroxylation is 1. The van der Waals surface area contributed by atoms with Crippen LogP contribution in [-0.4, -0.2) is 16.3 Å². The molecule has 0 atom stereocenters. The van der Waals surface area contributed by atoms with E-state index >= 15 is 0 Å². The molecule has 1 aromatic heterocycles. The largest absolute Gasteiger partial charge is 0.573 e. The molecule has 2 N–H and O–H groups in total. The van der Waals surface area contributed by atoms with Crippen LogP contribution in [0.5, 0.6) is 5.75 Å². The summed E-state index contributed by atoms with van der Waals surface area (Å²) in [5.41, 5.74) is 1.95. The number of aromatic amines is 1. The minimum atomic E-state index is -4.73. The summed E-state index contributed by atoms with van der Waals surface area (Å²) in [6, 6.07) is 8.26. The number of halogens is 4. The smallest absolute Gasteiger partial charge is 0.406 e. The topological polar surface area (TPSA) is 49.9 Å². The van der Waals surface area contributed by atoms with Crippen LogP contribution in [0.15, 0.2) is 36.4 Å². The van der Waals surface area contributed by atoms with Gasteiger partial charge in [0.1, 0.15) is 11.3 Å². The molecule has 0 aliphatic heterocycles. The third kappa shape index (κ3) is 6.37. The van der Waals surface area contributed by atoms with Gasteiger partial charge in [-0.15, -0.1) is 13.2 Å². The van der Waals surface area contributed by atoms with Crippen molar-refractivity contribution in [2.45, 2.75) is 52.3 Å². The van der Waals surface area contributed by atoms with E-state index in [4.69, 9.17) is 0 Å². The molecule has 0 radical (unpaired) electrons. The SMILES string of the molecule is CC1CCCCC1.Cc1cc(F)c2nc(Nc3ccc(OC(F)(F)F)cc3)[nH]c2c1. The number of anilines is 2. The molecular weight excluding hydrogens is 398 g/mol. The van der Waals surface area contributed by atoms with Crippen LogP contribution in [0.2, 0.25) is 0 Å². The van der Waals surface area contributed by atoms with Crippen LogP contribution in [0.1, 0.15) is 44.6 Å². The quantitative estimate of drug-likeness (QED) is 0.437. The van der Waals surface area contributed by atoms with Crippen molar-refractivity contribution >= 4 is 22.7 Å². The fourth-order valence-electron chi connectivity index (χ4n) is 3.45. The van der Waals surface area contributed by atoms with E-state index in [2.05, 4.69) is 26.9 Å². The highest BCUT2D eigenvalue weighted by Crippen LogP contribution is 2.26. The Hall–Kier alpha value is -2.77. The Kier molecular flexibility index (Phi) is 6.84. The molecule has 8 heteroatoms. The average molecular weight is 423 g/mol. The number of ether oxygens (including phenoxy) is 1. The highest BCUT2D eigenvalue weighted by molar-refractivity contribution is 5.79. The van der Waals surface area contributed by atoms with Gasteiger partial charge in [0.2, 0.25) is 5.95 Å². The zero-order valence-electron chi connectivity index (χ0n) is 16.9. The third-order valence-corrected chi connectivity index (χ3v) is 4.93. The van der Waals surface area contributed by atoms with Crippen molar-refractivity contribution in [3.63, 3.8) is 0 Å². The second-order valence-electron chi connectivity index (χ2n) is 7.67. The predicted octanol–water partition coefficient (Wildman–Crippen LogP) is 7.24. The Morgan fingerprint density at radius 3 is 2.30 bits per heavy atom. The molecule has 0 unspecified atom stereocenters. The molecule has 1 aliphatic carbocycles. The molecule has 4 nitrogen and oxygen atoms in total. The standard InChI is InChI=1S/C15H11F4N3O.C7H14/c1-8-6-11(16)13-12(7-8)21-14(22-13)20-9-2-4-10(5-3-9)23-15(17,18)19;1-7-5-3-2-4-6-7/h2-7H,1H3,(H2,20,21,22);7H,2-6H2,1H3. The van der Waals surface area contributed by atoms with Crippen molar-refractivity contribution in [1.29, 1.82) is 0 Å². The first-order valence-corrected chi connectivity index (χ1v) is 9.98. The number of benzene rings is 2. The maximum absolute atomic E-state index is 13.8. The van der Waals surface area contributed by atoms with Gasteiger partial charge in [0.05, 0.1) is 5.52 Å². The van der Waals surface area contributed by atoms with Crippen LogP contribution in [0.3, 0.4) is 0 Å². The fraction of sp³-hybridized carbons (Fsp3) is 0.409. The van der Waals surface area contributed by atoms with Crippen LogP contribution >= 0.6 is 0 Å². The van der Waals surface area contributed by atoms with Gasteiger partial charge in [-0.05, 0) is 54.8 Å². The molecule has 1 aliphatic rings. The van der Waals surface area contributed by atoms with E-state index in [1.54, 1.807) is 13.0 Å². The number of imidazole rings is 1. The minimum Gasteiger partial charge on any atom is -0.406 e. The summed E-state index contributed by atoms with van der Waals surface area (Å²) in [5, 5.41) is 2.86. The van der Waals surface area contributed by atoms with E-state index in [1.807, 2.05) is 0 Å². The Labute approximate surface area is 172 Å². The van der Waals surface area contributed by atoms with Crippen LogP contribution in [0, 0.1) is 18.7 Å². The lowest BCUT2D eigenvalue weighted by atomic mass is 9.91. The normalized spacial score (nSPS) is 14.9. The Bertz CT molecular complexity index is 961. The van der Waals surface area contributed by atoms with E-state index in [9.17, 15) is 17.6 Å². The molecule has 1 heterocycles. The van der Waals surface area contributed by atoms with E-state index in [0.29, 0.717) is 11.2 Å². The van der Waals surface area contributed by atoms with Gasteiger partial charge >= 0.3 is 6.36 Å². The van der Waals surface area contributed by atoms with Gasteiger partial charge in [0.25, 0.3) is 0 Å². The summed E-state index contributed by atoms with van der Waals surface area (Å²) in [4.78, 5) is 6.98. The van der Waals surface area contributed by atoms with Gasteiger partial charge in [-0.1, -0.05) is 39.0 Å². The van der Waals surface area contributed by atoms with Gasteiger partial charge in [0.15, 0.2) is 5.82 Å². The summed E-state index contributed by atoms with van der Waals surface area (Å²) in [7, 11) is 0. The van der Waals surface area contributed by atoms with Gasteiger partial charge in [-0.25, -0.2) is 9.37 Å². The predicted molar refractivity (Wildman–Crippen MR) is 109 cm³/mol. The molecule has 2 aromatic carbocycles. The van der Waals surface area contributed by atoms with Crippen LogP contribution in [0.4, 0.5) is 29.2 Å². The number of alkyl halides is 3. The molecule has 0 amide bonds. The van der Waals surface area contributed by atoms with Crippen LogP contribution in [-0.2, 0) is 0 Å². The van der Waals surface area contributed by atoms with Crippen molar-refractivity contribution in [3.05, 3.63) is 47.8 Å². The lowest BCUT2D eigenvalue weighted by Crippen LogP contribution is -2.16. The van der Waals surface area contributed by atoms with Gasteiger partial charge in [0, 0.05) is 5.69 Å². The molecule has 1 saturated carbocycles. The third-order valence-electron chi connectivity index (χ3n) is 4.93. The first-order valence-electron chi connectivity index (χ1n) is 9.98. The van der Waals surface area contributed by atoms with Gasteiger partial charge < -0.3 is 15.0 Å². The highest BCUT2D eigenvalue weighted by atomic mass is 19.4. The second-order valence-corrected chi connectivity index (χ2v) is 7.67. The number of rotatable bonds is 3. The molecule has 162 valence electrons. The number of fused-ring (bicyclic) bond motifs is 1. The van der Waals surface area contributed by atoms with E-state index in [1.165, 1.54) is 62.4 Å². The molecular formula is C22H25F4N3O. The molecule has 0 saturated heterocycles. The molecule has 3 aromatic rings. The zero-order chi connectivity index (χ0) is 21.7. The van der Waals surface area contributed by atoms with Gasteiger partial charge in [-0.3, -0.25) is 0 Å². The Morgan fingerprint density at radius 2 is 1.73 bits per heavy atom. The first kappa shape index (κ1) is 21.9. The molecule has 0 bridgehead atoms. The molecule has 1 fully saturated rings. The van der Waals surface area contributed by atoms with E-state index in [-0.39, 0.29) is 17.2 Å². The number of H-pyrrole nitrogens is 1. The average Bonchev–Trinajstić information content (AvgIpc) is 3.06. The molecule has 0 spiro atoms. The van der Waals surface area contributed by atoms with Crippen molar-refractivity contribution < 1.29 is 22.3 Å². The van der Waals surface area contributed by atoms with Crippen molar-refractivity contribution in [1.82, 2.24) is 9.97 Å². The van der Waals surface area contributed by atoms with Crippen molar-refractivity contribution in [2.75, 3.05) is 5.32 Å². The molecule has 4 rings (SSSR count).